The Balaban J connectivity index is 3.00. The Kier molecular flexibility index (Phi) is 2.82. The molecule has 0 aromatic carbocycles. The van der Waals surface area contributed by atoms with Gasteiger partial charge in [-0.3, -0.25) is 0 Å². The molecule has 0 unspecified atom stereocenters. The van der Waals surface area contributed by atoms with Crippen LogP contribution in [0.4, 0.5) is 22.0 Å². The van der Waals surface area contributed by atoms with Gasteiger partial charge in [-0.2, -0.15) is 22.0 Å². The van der Waals surface area contributed by atoms with Gasteiger partial charge in [-0.25, -0.2) is 0 Å². The molecule has 0 radical (unpaired) electrons. The fraction of sp³-hybridized carbons (Fsp3) is 0.429. The SMILES string of the molecule is OCC(F)(F)c1ccc(C(F)(F)F)s1. The van der Waals surface area contributed by atoms with E-state index in [9.17, 15) is 22.0 Å². The van der Waals surface area contributed by atoms with Crippen molar-refractivity contribution in [2.24, 2.45) is 0 Å². The van der Waals surface area contributed by atoms with E-state index in [4.69, 9.17) is 5.11 Å². The van der Waals surface area contributed by atoms with Crippen LogP contribution >= 0.6 is 11.3 Å². The minimum absolute atomic E-state index is 0.0637. The zero-order valence-corrected chi connectivity index (χ0v) is 7.42. The molecule has 14 heavy (non-hydrogen) atoms. The van der Waals surface area contributed by atoms with Gasteiger partial charge >= 0.3 is 12.1 Å². The second-order valence-electron chi connectivity index (χ2n) is 2.52. The summed E-state index contributed by atoms with van der Waals surface area (Å²) in [5, 5.41) is 8.23. The molecule has 0 aliphatic heterocycles. The Morgan fingerprint density at radius 2 is 1.57 bits per heavy atom. The first-order chi connectivity index (χ1) is 6.27. The number of aliphatic hydroxyl groups is 1. The molecule has 1 nitrogen and oxygen atoms in total. The summed E-state index contributed by atoms with van der Waals surface area (Å²) < 4.78 is 61.3. The first-order valence-electron chi connectivity index (χ1n) is 3.43. The average molecular weight is 232 g/mol. The van der Waals surface area contributed by atoms with Gasteiger partial charge in [-0.05, 0) is 12.1 Å². The number of hydrogen-bond donors (Lipinski definition) is 1. The topological polar surface area (TPSA) is 20.2 Å². The summed E-state index contributed by atoms with van der Waals surface area (Å²) in [6, 6.07) is 1.24. The van der Waals surface area contributed by atoms with E-state index < -0.39 is 28.5 Å². The molecule has 0 fully saturated rings. The van der Waals surface area contributed by atoms with Crippen LogP contribution in [0.15, 0.2) is 12.1 Å². The van der Waals surface area contributed by atoms with Crippen LogP contribution in [0.1, 0.15) is 9.75 Å². The van der Waals surface area contributed by atoms with Crippen molar-refractivity contribution in [3.8, 4) is 0 Å². The van der Waals surface area contributed by atoms with Gasteiger partial charge < -0.3 is 5.11 Å². The molecule has 1 aromatic heterocycles. The molecule has 0 saturated carbocycles. The van der Waals surface area contributed by atoms with Crippen molar-refractivity contribution in [2.45, 2.75) is 12.1 Å². The van der Waals surface area contributed by atoms with Crippen molar-refractivity contribution in [3.63, 3.8) is 0 Å². The number of thiophene rings is 1. The summed E-state index contributed by atoms with van der Waals surface area (Å²) in [4.78, 5) is -1.88. The summed E-state index contributed by atoms with van der Waals surface area (Å²) in [7, 11) is 0. The Bertz CT molecular complexity index is 316. The summed E-state index contributed by atoms with van der Waals surface area (Å²) in [5.74, 6) is -3.60. The molecule has 0 spiro atoms. The molecule has 80 valence electrons. The summed E-state index contributed by atoms with van der Waals surface area (Å²) in [5.41, 5.74) is 0. The third kappa shape index (κ3) is 2.21. The van der Waals surface area contributed by atoms with E-state index >= 15 is 0 Å². The highest BCUT2D eigenvalue weighted by Crippen LogP contribution is 2.39. The van der Waals surface area contributed by atoms with Crippen LogP contribution in [-0.4, -0.2) is 11.7 Å². The smallest absolute Gasteiger partial charge is 0.390 e. The first-order valence-corrected chi connectivity index (χ1v) is 4.25. The lowest BCUT2D eigenvalue weighted by atomic mass is 10.3. The molecule has 0 bridgehead atoms. The van der Waals surface area contributed by atoms with Crippen LogP contribution in [0.5, 0.6) is 0 Å². The fourth-order valence-corrected chi connectivity index (χ4v) is 1.60. The normalized spacial score (nSPS) is 13.3. The number of aliphatic hydroxyl groups excluding tert-OH is 1. The molecule has 0 aliphatic carbocycles. The highest BCUT2D eigenvalue weighted by atomic mass is 32.1. The standard InChI is InChI=1S/C7H5F5OS/c8-6(9,3-13)4-1-2-5(14-4)7(10,11)12/h1-2,13H,3H2. The summed E-state index contributed by atoms with van der Waals surface area (Å²) in [6.07, 6.45) is -4.62. The van der Waals surface area contributed by atoms with Gasteiger partial charge in [0.25, 0.3) is 0 Å². The van der Waals surface area contributed by atoms with Crippen LogP contribution in [0.2, 0.25) is 0 Å². The third-order valence-corrected chi connectivity index (χ3v) is 2.69. The predicted molar refractivity (Wildman–Crippen MR) is 40.3 cm³/mol. The van der Waals surface area contributed by atoms with E-state index in [1.54, 1.807) is 0 Å². The van der Waals surface area contributed by atoms with E-state index in [1.807, 2.05) is 0 Å². The van der Waals surface area contributed by atoms with Crippen LogP contribution in [-0.2, 0) is 12.1 Å². The second kappa shape index (κ2) is 3.47. The molecule has 0 saturated heterocycles. The molecule has 7 heteroatoms. The maximum atomic E-state index is 12.7. The van der Waals surface area contributed by atoms with Gasteiger partial charge in [0.05, 0.1) is 4.88 Å². The second-order valence-corrected chi connectivity index (χ2v) is 3.61. The van der Waals surface area contributed by atoms with E-state index in [2.05, 4.69) is 0 Å². The number of hydrogen-bond acceptors (Lipinski definition) is 2. The highest BCUT2D eigenvalue weighted by molar-refractivity contribution is 7.12. The van der Waals surface area contributed by atoms with Gasteiger partial charge in [0, 0.05) is 0 Å². The van der Waals surface area contributed by atoms with Crippen molar-refractivity contribution in [1.29, 1.82) is 0 Å². The predicted octanol–water partition coefficient (Wildman–Crippen LogP) is 2.85. The van der Waals surface area contributed by atoms with Gasteiger partial charge in [0.15, 0.2) is 0 Å². The van der Waals surface area contributed by atoms with Gasteiger partial charge in [-0.1, -0.05) is 0 Å². The van der Waals surface area contributed by atoms with Crippen molar-refractivity contribution in [1.82, 2.24) is 0 Å². The summed E-state index contributed by atoms with van der Waals surface area (Å²) >= 11 is -0.0637. The van der Waals surface area contributed by atoms with Crippen molar-refractivity contribution < 1.29 is 27.1 Å². The molecule has 1 rings (SSSR count). The molecule has 0 aliphatic rings. The molecular formula is C7H5F5OS. The Hall–Kier alpha value is -0.690. The maximum absolute atomic E-state index is 12.7. The number of alkyl halides is 5. The number of halogens is 5. The zero-order valence-electron chi connectivity index (χ0n) is 6.61. The van der Waals surface area contributed by atoms with Crippen LogP contribution in [0, 0.1) is 0 Å². The van der Waals surface area contributed by atoms with E-state index in [1.165, 1.54) is 0 Å². The monoisotopic (exact) mass is 232 g/mol. The first kappa shape index (κ1) is 11.4. The van der Waals surface area contributed by atoms with E-state index in [0.29, 0.717) is 12.1 Å². The highest BCUT2D eigenvalue weighted by Gasteiger charge is 2.38. The summed E-state index contributed by atoms with van der Waals surface area (Å²) in [6.45, 7) is -1.50. The van der Waals surface area contributed by atoms with Crippen molar-refractivity contribution >= 4 is 11.3 Å². The van der Waals surface area contributed by atoms with Crippen LogP contribution < -0.4 is 0 Å². The lowest BCUT2D eigenvalue weighted by Crippen LogP contribution is -2.16. The molecule has 0 atom stereocenters. The molecule has 0 amide bonds. The zero-order chi connectivity index (χ0) is 11.0. The third-order valence-electron chi connectivity index (χ3n) is 1.44. The molecular weight excluding hydrogens is 227 g/mol. The Labute approximate surface area is 79.8 Å². The molecule has 1 heterocycles. The minimum atomic E-state index is -4.62. The van der Waals surface area contributed by atoms with Crippen molar-refractivity contribution in [2.75, 3.05) is 6.61 Å². The van der Waals surface area contributed by atoms with Crippen molar-refractivity contribution in [3.05, 3.63) is 21.9 Å². The lowest BCUT2D eigenvalue weighted by molar-refractivity contribution is -0.134. The van der Waals surface area contributed by atoms with E-state index in [-0.39, 0.29) is 11.3 Å². The Morgan fingerprint density at radius 1 is 1.07 bits per heavy atom. The fourth-order valence-electron chi connectivity index (χ4n) is 0.765. The number of rotatable bonds is 2. The quantitative estimate of drug-likeness (QED) is 0.777. The lowest BCUT2D eigenvalue weighted by Gasteiger charge is -2.09. The van der Waals surface area contributed by atoms with Gasteiger partial charge in [0.1, 0.15) is 11.5 Å². The minimum Gasteiger partial charge on any atom is -0.390 e. The van der Waals surface area contributed by atoms with E-state index in [0.717, 1.165) is 0 Å². The van der Waals surface area contributed by atoms with Crippen LogP contribution in [0.3, 0.4) is 0 Å². The molecule has 1 N–H and O–H groups in total. The maximum Gasteiger partial charge on any atom is 0.425 e. The Morgan fingerprint density at radius 3 is 1.93 bits per heavy atom. The van der Waals surface area contributed by atoms with Crippen LogP contribution in [0.25, 0.3) is 0 Å². The largest absolute Gasteiger partial charge is 0.425 e. The molecule has 1 aromatic rings. The van der Waals surface area contributed by atoms with Gasteiger partial charge in [0.2, 0.25) is 0 Å². The van der Waals surface area contributed by atoms with Gasteiger partial charge in [-0.15, -0.1) is 11.3 Å². The average Bonchev–Trinajstić information content (AvgIpc) is 2.51.